The van der Waals surface area contributed by atoms with Gasteiger partial charge in [0.15, 0.2) is 0 Å². The smallest absolute Gasteiger partial charge is 0.296 e. The number of aliphatic hydroxyl groups is 1. The summed E-state index contributed by atoms with van der Waals surface area (Å²) in [4.78, 5) is 36.3. The summed E-state index contributed by atoms with van der Waals surface area (Å²) in [7, 11) is 0. The first-order valence-electron chi connectivity index (χ1n) is 11.6. The highest BCUT2D eigenvalue weighted by Crippen LogP contribution is 2.41. The minimum atomic E-state index is -0.825. The maximum Gasteiger partial charge on any atom is 0.296 e. The van der Waals surface area contributed by atoms with E-state index in [2.05, 4.69) is 30.7 Å². The van der Waals surface area contributed by atoms with Crippen LogP contribution in [0, 0.1) is 0 Å². The van der Waals surface area contributed by atoms with Crippen LogP contribution in [0.4, 0.5) is 0 Å². The van der Waals surface area contributed by atoms with Crippen LogP contribution in [0.25, 0.3) is 5.76 Å². The maximum atomic E-state index is 13.3. The van der Waals surface area contributed by atoms with E-state index in [4.69, 9.17) is 4.74 Å². The normalized spacial score (nSPS) is 17.6. The molecule has 1 atom stereocenters. The summed E-state index contributed by atoms with van der Waals surface area (Å²) >= 11 is 0. The van der Waals surface area contributed by atoms with Crippen molar-refractivity contribution >= 4 is 17.4 Å². The fourth-order valence-electron chi connectivity index (χ4n) is 4.27. The number of Topliss-reactive ketones (excluding diaryl/α,β-unsaturated/α-hetero) is 1. The molecule has 0 aliphatic carbocycles. The first kappa shape index (κ1) is 24.1. The molecule has 1 amide bonds. The SMILES string of the molecule is CCOc1ccc(/C(O)=C2/C(=O)C(=O)N(Cc3ccncc3)C2c2ccccn2)cc1C(C)(C)C. The van der Waals surface area contributed by atoms with Gasteiger partial charge in [-0.05, 0) is 60.4 Å². The third-order valence-corrected chi connectivity index (χ3v) is 5.97. The number of likely N-dealkylation sites (tertiary alicyclic amines) is 1. The van der Waals surface area contributed by atoms with Gasteiger partial charge in [-0.1, -0.05) is 26.8 Å². The number of carbonyl (C=O) groups excluding carboxylic acids is 2. The minimum Gasteiger partial charge on any atom is -0.507 e. The quantitative estimate of drug-likeness (QED) is 0.316. The second-order valence-corrected chi connectivity index (χ2v) is 9.43. The molecule has 1 aliphatic rings. The van der Waals surface area contributed by atoms with E-state index in [0.717, 1.165) is 16.9 Å². The lowest BCUT2D eigenvalue weighted by Gasteiger charge is -2.25. The van der Waals surface area contributed by atoms with Crippen molar-refractivity contribution in [1.29, 1.82) is 0 Å². The Balaban J connectivity index is 1.87. The van der Waals surface area contributed by atoms with E-state index in [1.165, 1.54) is 4.90 Å². The number of aliphatic hydroxyl groups excluding tert-OH is 1. The summed E-state index contributed by atoms with van der Waals surface area (Å²) in [5.74, 6) is -0.930. The number of nitrogens with zero attached hydrogens (tertiary/aromatic N) is 3. The molecular weight excluding hydrogens is 442 g/mol. The van der Waals surface area contributed by atoms with Gasteiger partial charge < -0.3 is 14.7 Å². The van der Waals surface area contributed by atoms with Crippen LogP contribution < -0.4 is 4.74 Å². The van der Waals surface area contributed by atoms with Gasteiger partial charge in [-0.25, -0.2) is 0 Å². The molecule has 3 heterocycles. The molecule has 0 saturated carbocycles. The zero-order valence-electron chi connectivity index (χ0n) is 20.4. The molecule has 1 fully saturated rings. The first-order valence-corrected chi connectivity index (χ1v) is 11.6. The number of carbonyl (C=O) groups is 2. The Hall–Kier alpha value is -4.00. The van der Waals surface area contributed by atoms with Crippen molar-refractivity contribution in [3.63, 3.8) is 0 Å². The number of hydrogen-bond acceptors (Lipinski definition) is 6. The lowest BCUT2D eigenvalue weighted by atomic mass is 9.84. The van der Waals surface area contributed by atoms with Crippen molar-refractivity contribution in [3.8, 4) is 5.75 Å². The van der Waals surface area contributed by atoms with Crippen LogP contribution in [-0.2, 0) is 21.5 Å². The van der Waals surface area contributed by atoms with E-state index < -0.39 is 17.7 Å². The summed E-state index contributed by atoms with van der Waals surface area (Å²) in [5.41, 5.74) is 2.41. The van der Waals surface area contributed by atoms with E-state index in [1.54, 1.807) is 61.1 Å². The third kappa shape index (κ3) is 4.80. The van der Waals surface area contributed by atoms with Crippen molar-refractivity contribution in [2.24, 2.45) is 0 Å². The standard InChI is InChI=1S/C28H29N3O4/c1-5-35-22-10-9-19(16-20(22)28(2,3)4)25(32)23-24(21-8-6-7-13-30-21)31(27(34)26(23)33)17-18-11-14-29-15-12-18/h6-16,24,32H,5,17H2,1-4H3/b25-23-. The predicted octanol–water partition coefficient (Wildman–Crippen LogP) is 4.79. The summed E-state index contributed by atoms with van der Waals surface area (Å²) in [6.07, 6.45) is 4.88. The molecule has 7 nitrogen and oxygen atoms in total. The van der Waals surface area contributed by atoms with Crippen LogP contribution in [0.15, 0.2) is 72.7 Å². The zero-order chi connectivity index (χ0) is 25.2. The highest BCUT2D eigenvalue weighted by atomic mass is 16.5. The highest BCUT2D eigenvalue weighted by molar-refractivity contribution is 6.46. The molecule has 2 aromatic heterocycles. The molecule has 3 aromatic rings. The van der Waals surface area contributed by atoms with Gasteiger partial charge in [-0.2, -0.15) is 0 Å². The summed E-state index contributed by atoms with van der Waals surface area (Å²) < 4.78 is 5.79. The third-order valence-electron chi connectivity index (χ3n) is 5.97. The maximum absolute atomic E-state index is 13.3. The molecule has 4 rings (SSSR count). The van der Waals surface area contributed by atoms with Crippen molar-refractivity contribution in [3.05, 3.63) is 95.1 Å². The molecule has 0 radical (unpaired) electrons. The molecule has 1 N–H and O–H groups in total. The summed E-state index contributed by atoms with van der Waals surface area (Å²) in [6.45, 7) is 8.76. The highest BCUT2D eigenvalue weighted by Gasteiger charge is 2.46. The Bertz CT molecular complexity index is 1260. The molecule has 1 aliphatic heterocycles. The lowest BCUT2D eigenvalue weighted by molar-refractivity contribution is -0.140. The molecule has 180 valence electrons. The monoisotopic (exact) mass is 471 g/mol. The van der Waals surface area contributed by atoms with E-state index in [0.29, 0.717) is 17.9 Å². The van der Waals surface area contributed by atoms with Gasteiger partial charge in [0.1, 0.15) is 17.6 Å². The number of rotatable bonds is 6. The second kappa shape index (κ2) is 9.70. The van der Waals surface area contributed by atoms with Gasteiger partial charge >= 0.3 is 0 Å². The number of amides is 1. The van der Waals surface area contributed by atoms with Gasteiger partial charge in [0.05, 0.1) is 17.9 Å². The number of aromatic nitrogens is 2. The molecule has 1 unspecified atom stereocenters. The number of ketones is 1. The van der Waals surface area contributed by atoms with Crippen molar-refractivity contribution in [1.82, 2.24) is 14.9 Å². The average molecular weight is 472 g/mol. The fraction of sp³-hybridized carbons (Fsp3) is 0.286. The Morgan fingerprint density at radius 1 is 1.06 bits per heavy atom. The van der Waals surface area contributed by atoms with Crippen LogP contribution in [0.2, 0.25) is 0 Å². The van der Waals surface area contributed by atoms with Gasteiger partial charge in [-0.3, -0.25) is 19.6 Å². The van der Waals surface area contributed by atoms with Gasteiger partial charge in [0.2, 0.25) is 0 Å². The van der Waals surface area contributed by atoms with Crippen LogP contribution in [0.5, 0.6) is 5.75 Å². The number of ether oxygens (including phenoxy) is 1. The van der Waals surface area contributed by atoms with Crippen LogP contribution >= 0.6 is 0 Å². The van der Waals surface area contributed by atoms with E-state index in [9.17, 15) is 14.7 Å². The van der Waals surface area contributed by atoms with Gasteiger partial charge in [0, 0.05) is 36.3 Å². The Labute approximate surface area is 205 Å². The largest absolute Gasteiger partial charge is 0.507 e. The van der Waals surface area contributed by atoms with Crippen molar-refractivity contribution in [2.75, 3.05) is 6.61 Å². The molecule has 1 aromatic carbocycles. The summed E-state index contributed by atoms with van der Waals surface area (Å²) in [5, 5.41) is 11.4. The Morgan fingerprint density at radius 2 is 1.80 bits per heavy atom. The van der Waals surface area contributed by atoms with E-state index in [-0.39, 0.29) is 23.3 Å². The van der Waals surface area contributed by atoms with Crippen molar-refractivity contribution < 1.29 is 19.4 Å². The van der Waals surface area contributed by atoms with Crippen LogP contribution in [-0.4, -0.2) is 38.3 Å². The molecule has 1 saturated heterocycles. The van der Waals surface area contributed by atoms with E-state index >= 15 is 0 Å². The number of benzene rings is 1. The summed E-state index contributed by atoms with van der Waals surface area (Å²) in [6, 6.07) is 13.4. The number of hydrogen-bond donors (Lipinski definition) is 1. The Morgan fingerprint density at radius 3 is 2.43 bits per heavy atom. The molecule has 35 heavy (non-hydrogen) atoms. The van der Waals surface area contributed by atoms with Gasteiger partial charge in [0.25, 0.3) is 11.7 Å². The number of pyridine rings is 2. The van der Waals surface area contributed by atoms with Gasteiger partial charge in [-0.15, -0.1) is 0 Å². The Kier molecular flexibility index (Phi) is 6.69. The predicted molar refractivity (Wildman–Crippen MR) is 133 cm³/mol. The first-order chi connectivity index (χ1) is 16.7. The average Bonchev–Trinajstić information content (AvgIpc) is 3.09. The second-order valence-electron chi connectivity index (χ2n) is 9.43. The molecule has 0 bridgehead atoms. The lowest BCUT2D eigenvalue weighted by Crippen LogP contribution is -2.29. The molecule has 7 heteroatoms. The van der Waals surface area contributed by atoms with E-state index in [1.807, 2.05) is 13.0 Å². The molecular formula is C28H29N3O4. The zero-order valence-corrected chi connectivity index (χ0v) is 20.4. The minimum absolute atomic E-state index is 0.0202. The fourth-order valence-corrected chi connectivity index (χ4v) is 4.27. The molecule has 0 spiro atoms. The van der Waals surface area contributed by atoms with Crippen molar-refractivity contribution in [2.45, 2.75) is 45.7 Å². The van der Waals surface area contributed by atoms with Crippen LogP contribution in [0.1, 0.15) is 56.1 Å². The topological polar surface area (TPSA) is 92.6 Å². The van der Waals surface area contributed by atoms with Crippen LogP contribution in [0.3, 0.4) is 0 Å².